The Morgan fingerprint density at radius 3 is 2.93 bits per heavy atom. The lowest BCUT2D eigenvalue weighted by atomic mass is 10.2. The van der Waals surface area contributed by atoms with Crippen molar-refractivity contribution in [3.63, 3.8) is 0 Å². The molecule has 0 aromatic carbocycles. The van der Waals surface area contributed by atoms with Crippen molar-refractivity contribution in [3.8, 4) is 0 Å². The topological polar surface area (TPSA) is 118 Å². The molecule has 1 saturated heterocycles. The molecule has 10 heteroatoms. The van der Waals surface area contributed by atoms with Crippen molar-refractivity contribution in [1.29, 1.82) is 0 Å². The van der Waals surface area contributed by atoms with Gasteiger partial charge in [-0.2, -0.15) is 4.98 Å². The number of carbonyl (C=O) groups excluding carboxylic acids is 1. The number of nitrogens with one attached hydrogen (secondary N) is 2. The van der Waals surface area contributed by atoms with Gasteiger partial charge in [0, 0.05) is 20.6 Å². The van der Waals surface area contributed by atoms with E-state index >= 15 is 0 Å². The van der Waals surface area contributed by atoms with Gasteiger partial charge in [-0.25, -0.2) is 4.79 Å². The molecule has 4 rings (SSSR count). The number of fused-ring (bicyclic) bond motifs is 1. The number of carbonyl (C=O) groups is 1. The van der Waals surface area contributed by atoms with Gasteiger partial charge in [-0.1, -0.05) is 0 Å². The second kappa shape index (κ2) is 6.45. The largest absolute Gasteiger partial charge is 0.467 e. The lowest BCUT2D eigenvalue weighted by Gasteiger charge is -2.24. The molecule has 2 N–H and O–H groups in total. The maximum atomic E-state index is 12.7. The first kappa shape index (κ1) is 17.1. The number of H-pyrrole nitrogens is 1. The zero-order valence-corrected chi connectivity index (χ0v) is 15.1. The van der Waals surface area contributed by atoms with Crippen LogP contribution in [0, 0.1) is 0 Å². The predicted molar refractivity (Wildman–Crippen MR) is 97.5 cm³/mol. The molecule has 1 unspecified atom stereocenters. The van der Waals surface area contributed by atoms with Gasteiger partial charge in [0.1, 0.15) is 11.8 Å². The molecule has 0 aliphatic carbocycles. The van der Waals surface area contributed by atoms with Crippen LogP contribution in [0.2, 0.25) is 0 Å². The van der Waals surface area contributed by atoms with Crippen molar-refractivity contribution in [3.05, 3.63) is 45.0 Å². The number of rotatable bonds is 4. The molecule has 1 atom stereocenters. The van der Waals surface area contributed by atoms with Crippen LogP contribution in [0.25, 0.3) is 11.2 Å². The summed E-state index contributed by atoms with van der Waals surface area (Å²) in [6, 6.07) is 3.17. The molecule has 27 heavy (non-hydrogen) atoms. The quantitative estimate of drug-likeness (QED) is 0.657. The standard InChI is InChI=1S/C17H20N6O4/c1-21-12-13(22(2)17(26)20-15(12)25)19-16(21)23-7-3-6-11(23)14(24)18-9-10-5-4-8-27-10/h4-5,8,11H,3,6-7,9H2,1-2H3,(H,18,24)(H,20,25,26). The molecule has 4 heterocycles. The van der Waals surface area contributed by atoms with Crippen LogP contribution in [0.4, 0.5) is 5.95 Å². The number of imidazole rings is 1. The first-order chi connectivity index (χ1) is 13.0. The first-order valence-electron chi connectivity index (χ1n) is 8.70. The Morgan fingerprint density at radius 2 is 2.19 bits per heavy atom. The summed E-state index contributed by atoms with van der Waals surface area (Å²) in [5.41, 5.74) is -0.421. The third-order valence-corrected chi connectivity index (χ3v) is 4.94. The fourth-order valence-electron chi connectivity index (χ4n) is 3.54. The van der Waals surface area contributed by atoms with Crippen LogP contribution in [0.3, 0.4) is 0 Å². The van der Waals surface area contributed by atoms with Crippen LogP contribution < -0.4 is 21.5 Å². The van der Waals surface area contributed by atoms with Gasteiger partial charge in [-0.05, 0) is 25.0 Å². The van der Waals surface area contributed by atoms with E-state index < -0.39 is 17.3 Å². The van der Waals surface area contributed by atoms with E-state index in [1.807, 2.05) is 4.90 Å². The second-order valence-corrected chi connectivity index (χ2v) is 6.61. The smallest absolute Gasteiger partial charge is 0.329 e. The minimum Gasteiger partial charge on any atom is -0.467 e. The van der Waals surface area contributed by atoms with E-state index in [-0.39, 0.29) is 5.91 Å². The summed E-state index contributed by atoms with van der Waals surface area (Å²) >= 11 is 0. The van der Waals surface area contributed by atoms with E-state index in [2.05, 4.69) is 15.3 Å². The maximum Gasteiger partial charge on any atom is 0.329 e. The Labute approximate surface area is 153 Å². The highest BCUT2D eigenvalue weighted by molar-refractivity contribution is 5.86. The molecule has 0 spiro atoms. The number of aryl methyl sites for hydroxylation is 2. The number of amides is 1. The highest BCUT2D eigenvalue weighted by Gasteiger charge is 2.34. The van der Waals surface area contributed by atoms with E-state index in [9.17, 15) is 14.4 Å². The SMILES string of the molecule is Cn1c(N2CCCC2C(=O)NCc2ccco2)nc2c1c(=O)[nH]c(=O)n2C. The fourth-order valence-corrected chi connectivity index (χ4v) is 3.54. The molecular formula is C17H20N6O4. The maximum absolute atomic E-state index is 12.7. The van der Waals surface area contributed by atoms with Crippen molar-refractivity contribution in [2.24, 2.45) is 14.1 Å². The van der Waals surface area contributed by atoms with Gasteiger partial charge in [0.15, 0.2) is 11.2 Å². The monoisotopic (exact) mass is 372 g/mol. The molecule has 0 saturated carbocycles. The van der Waals surface area contributed by atoms with Gasteiger partial charge in [-0.15, -0.1) is 0 Å². The highest BCUT2D eigenvalue weighted by atomic mass is 16.3. The number of anilines is 1. The fraction of sp³-hybridized carbons (Fsp3) is 0.412. The van der Waals surface area contributed by atoms with E-state index in [0.717, 1.165) is 6.42 Å². The van der Waals surface area contributed by atoms with Crippen LogP contribution in [0.15, 0.2) is 32.4 Å². The van der Waals surface area contributed by atoms with Crippen molar-refractivity contribution in [2.75, 3.05) is 11.4 Å². The van der Waals surface area contributed by atoms with Crippen molar-refractivity contribution >= 4 is 23.0 Å². The summed E-state index contributed by atoms with van der Waals surface area (Å²) in [5, 5.41) is 2.88. The van der Waals surface area contributed by atoms with Crippen molar-refractivity contribution in [2.45, 2.75) is 25.4 Å². The summed E-state index contributed by atoms with van der Waals surface area (Å²) in [6.45, 7) is 0.953. The predicted octanol–water partition coefficient (Wildman–Crippen LogP) is -0.161. The van der Waals surface area contributed by atoms with Gasteiger partial charge in [-0.3, -0.25) is 19.1 Å². The molecule has 1 fully saturated rings. The molecular weight excluding hydrogens is 352 g/mol. The molecule has 1 aliphatic rings. The molecule has 0 radical (unpaired) electrons. The Balaban J connectivity index is 1.66. The molecule has 3 aromatic rings. The summed E-state index contributed by atoms with van der Waals surface area (Å²) in [6.07, 6.45) is 3.07. The summed E-state index contributed by atoms with van der Waals surface area (Å²) in [7, 11) is 3.26. The van der Waals surface area contributed by atoms with Gasteiger partial charge in [0.2, 0.25) is 11.9 Å². The minimum atomic E-state index is -0.522. The van der Waals surface area contributed by atoms with Gasteiger partial charge >= 0.3 is 5.69 Å². The number of nitrogens with zero attached hydrogens (tertiary/aromatic N) is 4. The van der Waals surface area contributed by atoms with Crippen LogP contribution in [0.1, 0.15) is 18.6 Å². The van der Waals surface area contributed by atoms with Crippen LogP contribution in [-0.2, 0) is 25.4 Å². The number of aromatic nitrogens is 4. The lowest BCUT2D eigenvalue weighted by molar-refractivity contribution is -0.122. The number of aromatic amines is 1. The van der Waals surface area contributed by atoms with Crippen LogP contribution in [0.5, 0.6) is 0 Å². The van der Waals surface area contributed by atoms with E-state index in [1.165, 1.54) is 4.57 Å². The summed E-state index contributed by atoms with van der Waals surface area (Å²) in [5.74, 6) is 1.04. The zero-order chi connectivity index (χ0) is 19.1. The zero-order valence-electron chi connectivity index (χ0n) is 15.1. The van der Waals surface area contributed by atoms with Crippen molar-refractivity contribution < 1.29 is 9.21 Å². The molecule has 3 aromatic heterocycles. The number of hydrogen-bond acceptors (Lipinski definition) is 6. The van der Waals surface area contributed by atoms with Gasteiger partial charge < -0.3 is 19.2 Å². The van der Waals surface area contributed by atoms with Crippen LogP contribution in [-0.4, -0.2) is 37.6 Å². The second-order valence-electron chi connectivity index (χ2n) is 6.61. The lowest BCUT2D eigenvalue weighted by Crippen LogP contribution is -2.44. The molecule has 142 valence electrons. The average molecular weight is 372 g/mol. The molecule has 0 bridgehead atoms. The van der Waals surface area contributed by atoms with Crippen molar-refractivity contribution in [1.82, 2.24) is 24.4 Å². The van der Waals surface area contributed by atoms with Gasteiger partial charge in [0.05, 0.1) is 12.8 Å². The molecule has 10 nitrogen and oxygen atoms in total. The Bertz CT molecular complexity index is 1110. The highest BCUT2D eigenvalue weighted by Crippen LogP contribution is 2.26. The minimum absolute atomic E-state index is 0.126. The Hall–Kier alpha value is -3.30. The van der Waals surface area contributed by atoms with Gasteiger partial charge in [0.25, 0.3) is 5.56 Å². The Kier molecular flexibility index (Phi) is 4.09. The number of hydrogen-bond donors (Lipinski definition) is 2. The van der Waals surface area contributed by atoms with E-state index in [4.69, 9.17) is 4.42 Å². The number of furan rings is 1. The average Bonchev–Trinajstić information content (AvgIpc) is 3.37. The van der Waals surface area contributed by atoms with Crippen LogP contribution >= 0.6 is 0 Å². The molecule has 1 amide bonds. The molecule has 1 aliphatic heterocycles. The Morgan fingerprint density at radius 1 is 1.37 bits per heavy atom. The summed E-state index contributed by atoms with van der Waals surface area (Å²) in [4.78, 5) is 45.4. The van der Waals surface area contributed by atoms with E-state index in [0.29, 0.717) is 42.4 Å². The first-order valence-corrected chi connectivity index (χ1v) is 8.70. The summed E-state index contributed by atoms with van der Waals surface area (Å²) < 4.78 is 8.16. The normalized spacial score (nSPS) is 17.0. The third kappa shape index (κ3) is 2.82. The van der Waals surface area contributed by atoms with E-state index in [1.54, 1.807) is 37.1 Å². The third-order valence-electron chi connectivity index (χ3n) is 4.94.